The van der Waals surface area contributed by atoms with Gasteiger partial charge in [0.15, 0.2) is 5.78 Å². The van der Waals surface area contributed by atoms with Gasteiger partial charge in [-0.2, -0.15) is 0 Å². The minimum atomic E-state index is -2.31. The van der Waals surface area contributed by atoms with Crippen LogP contribution in [0.4, 0.5) is 0 Å². The van der Waals surface area contributed by atoms with Crippen LogP contribution in [-0.2, 0) is 19.1 Å². The molecule has 2 spiro atoms. The molecule has 8 heteroatoms. The smallest absolute Gasteiger partial charge is 0.338 e. The fourth-order valence-electron chi connectivity index (χ4n) is 8.68. The van der Waals surface area contributed by atoms with E-state index < -0.39 is 63.7 Å². The number of rotatable bonds is 3. The molecule has 0 radical (unpaired) electrons. The Bertz CT molecular complexity index is 1190. The molecule has 192 valence electrons. The van der Waals surface area contributed by atoms with Crippen molar-refractivity contribution >= 4 is 17.5 Å². The molecule has 2 heterocycles. The Morgan fingerprint density at radius 3 is 2.53 bits per heavy atom. The van der Waals surface area contributed by atoms with Crippen LogP contribution in [0.15, 0.2) is 36.4 Å². The molecule has 2 aliphatic heterocycles. The largest absolute Gasteiger partial charge is 0.497 e. The van der Waals surface area contributed by atoms with E-state index in [0.29, 0.717) is 31.4 Å². The maximum Gasteiger partial charge on any atom is 0.338 e. The van der Waals surface area contributed by atoms with E-state index in [1.807, 2.05) is 13.8 Å². The SMILES string of the molecule is C=C1C(=O)[C@]23[C@H](OC(=O)c4ccc(OC)cc4)[C@H]1CC[C@H]2[C@@]12CO[C@@]3(O)[C@@H](O)[C@@H]1C(C)(C)CCC2=O. The summed E-state index contributed by atoms with van der Waals surface area (Å²) >= 11 is 0. The van der Waals surface area contributed by atoms with E-state index in [9.17, 15) is 24.6 Å². The van der Waals surface area contributed by atoms with Crippen LogP contribution in [0.1, 0.15) is 49.9 Å². The van der Waals surface area contributed by atoms with Gasteiger partial charge in [0, 0.05) is 18.3 Å². The van der Waals surface area contributed by atoms with E-state index in [0.717, 1.165) is 0 Å². The van der Waals surface area contributed by atoms with Crippen LogP contribution in [0.3, 0.4) is 0 Å². The first-order valence-electron chi connectivity index (χ1n) is 12.6. The second-order valence-electron chi connectivity index (χ2n) is 11.9. The maximum absolute atomic E-state index is 14.1. The highest BCUT2D eigenvalue weighted by Crippen LogP contribution is 2.76. The molecule has 8 atom stereocenters. The summed E-state index contributed by atoms with van der Waals surface area (Å²) in [6, 6.07) is 6.39. The van der Waals surface area contributed by atoms with E-state index in [4.69, 9.17) is 14.2 Å². The third kappa shape index (κ3) is 2.48. The number of esters is 1. The molecule has 1 aromatic carbocycles. The second-order valence-corrected chi connectivity index (χ2v) is 11.9. The summed E-state index contributed by atoms with van der Waals surface area (Å²) in [5.74, 6) is -4.68. The number of carbonyl (C=O) groups excluding carboxylic acids is 3. The van der Waals surface area contributed by atoms with Crippen molar-refractivity contribution in [2.75, 3.05) is 13.7 Å². The van der Waals surface area contributed by atoms with Gasteiger partial charge in [0.2, 0.25) is 5.79 Å². The van der Waals surface area contributed by atoms with Gasteiger partial charge in [0.25, 0.3) is 0 Å². The zero-order chi connectivity index (χ0) is 25.8. The predicted octanol–water partition coefficient (Wildman–Crippen LogP) is 2.46. The van der Waals surface area contributed by atoms with Crippen molar-refractivity contribution in [3.05, 3.63) is 42.0 Å². The molecule has 2 saturated heterocycles. The van der Waals surface area contributed by atoms with Gasteiger partial charge < -0.3 is 24.4 Å². The topological polar surface area (TPSA) is 119 Å². The van der Waals surface area contributed by atoms with Crippen LogP contribution in [0.25, 0.3) is 0 Å². The summed E-state index contributed by atoms with van der Waals surface area (Å²) in [4.78, 5) is 41.1. The lowest BCUT2D eigenvalue weighted by atomic mass is 9.36. The van der Waals surface area contributed by atoms with Crippen molar-refractivity contribution in [2.45, 2.75) is 57.5 Å². The number of methoxy groups -OCH3 is 1. The fourth-order valence-corrected chi connectivity index (χ4v) is 8.68. The predicted molar refractivity (Wildman–Crippen MR) is 126 cm³/mol. The highest BCUT2D eigenvalue weighted by Gasteiger charge is 2.88. The third-order valence-electron chi connectivity index (χ3n) is 10.2. The Morgan fingerprint density at radius 2 is 1.86 bits per heavy atom. The summed E-state index contributed by atoms with van der Waals surface area (Å²) in [6.07, 6.45) is -0.766. The first-order valence-corrected chi connectivity index (χ1v) is 12.6. The lowest BCUT2D eigenvalue weighted by molar-refractivity contribution is -0.436. The van der Waals surface area contributed by atoms with Crippen LogP contribution < -0.4 is 4.74 Å². The molecule has 7 rings (SSSR count). The summed E-state index contributed by atoms with van der Waals surface area (Å²) in [6.45, 7) is 7.94. The van der Waals surface area contributed by atoms with E-state index in [1.54, 1.807) is 24.3 Å². The van der Waals surface area contributed by atoms with Crippen molar-refractivity contribution in [2.24, 2.45) is 34.0 Å². The Hall–Kier alpha value is -2.55. The standard InChI is InChI=1S/C28H32O8/c1-14-17-9-10-18-26-13-35-28(33,22(31)20(26)25(2,3)12-11-19(26)29)27(18,21(14)30)23(17)36-24(32)15-5-7-16(34-4)8-6-15/h5-8,17-18,20,22-23,31,33H,1,9-13H2,2-4H3/t17-,18-,20+,22-,23+,26+,27-,28-/m0/s1. The number of ketones is 2. The lowest BCUT2D eigenvalue weighted by Crippen LogP contribution is -2.85. The molecule has 0 unspecified atom stereocenters. The zero-order valence-corrected chi connectivity index (χ0v) is 20.8. The minimum Gasteiger partial charge on any atom is -0.497 e. The average molecular weight is 497 g/mol. The van der Waals surface area contributed by atoms with Gasteiger partial charge in [-0.3, -0.25) is 9.59 Å². The van der Waals surface area contributed by atoms with Crippen LogP contribution in [0.5, 0.6) is 5.75 Å². The molecular weight excluding hydrogens is 464 g/mol. The number of aliphatic hydroxyl groups is 2. The van der Waals surface area contributed by atoms with Gasteiger partial charge in [0.1, 0.15) is 29.2 Å². The van der Waals surface area contributed by atoms with Crippen LogP contribution >= 0.6 is 0 Å². The van der Waals surface area contributed by atoms with Crippen LogP contribution in [0.2, 0.25) is 0 Å². The van der Waals surface area contributed by atoms with E-state index in [1.165, 1.54) is 7.11 Å². The number of hydrogen-bond acceptors (Lipinski definition) is 8. The number of carbonyl (C=O) groups is 3. The average Bonchev–Trinajstić information content (AvgIpc) is 2.97. The lowest BCUT2D eigenvalue weighted by Gasteiger charge is -2.72. The number of ether oxygens (including phenoxy) is 3. The first-order chi connectivity index (χ1) is 17.0. The molecule has 6 fully saturated rings. The molecule has 8 nitrogen and oxygen atoms in total. The number of hydrogen-bond donors (Lipinski definition) is 2. The number of aliphatic hydroxyl groups excluding tert-OH is 1. The van der Waals surface area contributed by atoms with Gasteiger partial charge in [-0.1, -0.05) is 20.4 Å². The molecule has 36 heavy (non-hydrogen) atoms. The quantitative estimate of drug-likeness (QED) is 0.484. The highest BCUT2D eigenvalue weighted by molar-refractivity contribution is 6.06. The molecule has 0 aromatic heterocycles. The Morgan fingerprint density at radius 1 is 1.17 bits per heavy atom. The van der Waals surface area contributed by atoms with Crippen molar-refractivity contribution in [1.82, 2.24) is 0 Å². The maximum atomic E-state index is 14.1. The Balaban J connectivity index is 1.50. The third-order valence-corrected chi connectivity index (χ3v) is 10.2. The summed E-state index contributed by atoms with van der Waals surface area (Å²) in [7, 11) is 1.52. The minimum absolute atomic E-state index is 0.0546. The van der Waals surface area contributed by atoms with Gasteiger partial charge in [-0.15, -0.1) is 0 Å². The highest BCUT2D eigenvalue weighted by atomic mass is 16.6. The molecule has 4 bridgehead atoms. The van der Waals surface area contributed by atoms with Gasteiger partial charge >= 0.3 is 5.97 Å². The zero-order valence-electron chi connectivity index (χ0n) is 20.8. The summed E-state index contributed by atoms with van der Waals surface area (Å²) in [5, 5.41) is 23.9. The Kier molecular flexibility index (Phi) is 4.81. The molecule has 2 N–H and O–H groups in total. The normalized spacial score (nSPS) is 44.1. The monoisotopic (exact) mass is 496 g/mol. The van der Waals surface area contributed by atoms with Crippen LogP contribution in [-0.4, -0.2) is 59.5 Å². The first kappa shape index (κ1) is 23.8. The molecule has 1 aromatic rings. The van der Waals surface area contributed by atoms with Crippen molar-refractivity contribution in [3.8, 4) is 5.75 Å². The van der Waals surface area contributed by atoms with Gasteiger partial charge in [-0.25, -0.2) is 4.79 Å². The summed E-state index contributed by atoms with van der Waals surface area (Å²) < 4.78 is 17.2. The van der Waals surface area contributed by atoms with E-state index in [2.05, 4.69) is 6.58 Å². The fraction of sp³-hybridized carbons (Fsp3) is 0.607. The molecule has 0 amide bonds. The number of benzene rings is 1. The number of Topliss-reactive ketones (excluding diaryl/α,β-unsaturated/α-hetero) is 2. The van der Waals surface area contributed by atoms with E-state index in [-0.39, 0.29) is 23.5 Å². The second kappa shape index (κ2) is 7.27. The Labute approximate surface area is 209 Å². The van der Waals surface area contributed by atoms with Gasteiger partial charge in [0.05, 0.1) is 24.7 Å². The van der Waals surface area contributed by atoms with E-state index >= 15 is 0 Å². The van der Waals surface area contributed by atoms with Crippen molar-refractivity contribution in [3.63, 3.8) is 0 Å². The van der Waals surface area contributed by atoms with Crippen LogP contribution in [0, 0.1) is 34.0 Å². The number of fused-ring (bicyclic) bond motifs is 2. The molecule has 4 saturated carbocycles. The molecular formula is C28H32O8. The van der Waals surface area contributed by atoms with Gasteiger partial charge in [-0.05, 0) is 60.4 Å². The summed E-state index contributed by atoms with van der Waals surface area (Å²) in [5.41, 5.74) is -2.91. The van der Waals surface area contributed by atoms with Crippen molar-refractivity contribution in [1.29, 1.82) is 0 Å². The van der Waals surface area contributed by atoms with Crippen molar-refractivity contribution < 1.29 is 38.8 Å². The molecule has 4 aliphatic carbocycles. The molecule has 6 aliphatic rings.